The Morgan fingerprint density at radius 3 is 2.66 bits per heavy atom. The molecule has 6 nitrogen and oxygen atoms in total. The van der Waals surface area contributed by atoms with Gasteiger partial charge in [0, 0.05) is 41.5 Å². The van der Waals surface area contributed by atoms with Crippen molar-refractivity contribution in [2.45, 2.75) is 39.5 Å². The number of H-pyrrole nitrogens is 1. The van der Waals surface area contributed by atoms with E-state index < -0.39 is 0 Å². The van der Waals surface area contributed by atoms with Crippen LogP contribution in [0.25, 0.3) is 11.8 Å². The van der Waals surface area contributed by atoms with Crippen molar-refractivity contribution in [2.24, 2.45) is 5.73 Å². The molecule has 3 rings (SSSR count). The second kappa shape index (κ2) is 9.87. The lowest BCUT2D eigenvalue weighted by molar-refractivity contribution is -0.125. The SMILES string of the molecule is C=CC(=O)N1CCC(c2[nH]c(N)c(/C=C(\N)c3ccccc3O)c2C)C1.CCC. The zero-order valence-electron chi connectivity index (χ0n) is 17.5. The Balaban J connectivity index is 0.000000941. The lowest BCUT2D eigenvalue weighted by Gasteiger charge is -2.14. The van der Waals surface area contributed by atoms with Crippen molar-refractivity contribution in [3.05, 3.63) is 59.3 Å². The monoisotopic (exact) mass is 396 g/mol. The van der Waals surface area contributed by atoms with Crippen molar-refractivity contribution in [1.29, 1.82) is 0 Å². The van der Waals surface area contributed by atoms with E-state index in [4.69, 9.17) is 11.5 Å². The van der Waals surface area contributed by atoms with E-state index in [0.29, 0.717) is 30.2 Å². The number of phenolic OH excluding ortho intramolecular Hbond substituents is 1. The predicted molar refractivity (Wildman–Crippen MR) is 120 cm³/mol. The van der Waals surface area contributed by atoms with E-state index in [2.05, 4.69) is 25.4 Å². The first-order chi connectivity index (χ1) is 13.8. The highest BCUT2D eigenvalue weighted by Gasteiger charge is 2.29. The topological polar surface area (TPSA) is 108 Å². The maximum absolute atomic E-state index is 11.8. The zero-order chi connectivity index (χ0) is 21.6. The van der Waals surface area contributed by atoms with Gasteiger partial charge in [-0.2, -0.15) is 0 Å². The molecule has 1 aromatic heterocycles. The number of amides is 1. The van der Waals surface area contributed by atoms with Gasteiger partial charge in [0.1, 0.15) is 11.6 Å². The summed E-state index contributed by atoms with van der Waals surface area (Å²) in [5.74, 6) is 0.815. The Bertz CT molecular complexity index is 898. The van der Waals surface area contributed by atoms with Crippen LogP contribution in [0, 0.1) is 6.92 Å². The Hall–Kier alpha value is -3.15. The van der Waals surface area contributed by atoms with Crippen molar-refractivity contribution in [1.82, 2.24) is 9.88 Å². The van der Waals surface area contributed by atoms with Crippen LogP contribution in [0.15, 0.2) is 36.9 Å². The molecule has 0 saturated carbocycles. The third kappa shape index (κ3) is 5.02. The fraction of sp³-hybridized carbons (Fsp3) is 0.348. The highest BCUT2D eigenvalue weighted by Crippen LogP contribution is 2.34. The van der Waals surface area contributed by atoms with E-state index in [1.807, 2.05) is 13.0 Å². The van der Waals surface area contributed by atoms with Crippen molar-refractivity contribution < 1.29 is 9.90 Å². The van der Waals surface area contributed by atoms with Crippen LogP contribution >= 0.6 is 0 Å². The lowest BCUT2D eigenvalue weighted by atomic mass is 9.99. The average molecular weight is 397 g/mol. The number of hydrogen-bond acceptors (Lipinski definition) is 4. The van der Waals surface area contributed by atoms with Gasteiger partial charge in [0.15, 0.2) is 0 Å². The number of para-hydroxylation sites is 1. The molecular formula is C23H32N4O2. The molecule has 0 bridgehead atoms. The Morgan fingerprint density at radius 2 is 2.03 bits per heavy atom. The third-order valence-electron chi connectivity index (χ3n) is 4.97. The number of nitrogens with one attached hydrogen (secondary N) is 1. The molecule has 1 fully saturated rings. The summed E-state index contributed by atoms with van der Waals surface area (Å²) >= 11 is 0. The van der Waals surface area contributed by atoms with E-state index >= 15 is 0 Å². The summed E-state index contributed by atoms with van der Waals surface area (Å²) in [6.07, 6.45) is 5.25. The molecule has 1 aliphatic heterocycles. The summed E-state index contributed by atoms with van der Waals surface area (Å²) in [4.78, 5) is 16.9. The third-order valence-corrected chi connectivity index (χ3v) is 4.97. The van der Waals surface area contributed by atoms with Crippen LogP contribution in [0.1, 0.15) is 55.0 Å². The fourth-order valence-corrected chi connectivity index (χ4v) is 3.52. The molecule has 1 aliphatic rings. The largest absolute Gasteiger partial charge is 0.507 e. The number of rotatable bonds is 4. The molecule has 2 heterocycles. The highest BCUT2D eigenvalue weighted by molar-refractivity contribution is 5.87. The molecule has 0 aliphatic carbocycles. The maximum Gasteiger partial charge on any atom is 0.245 e. The number of carbonyl (C=O) groups is 1. The molecule has 1 aromatic carbocycles. The summed E-state index contributed by atoms with van der Waals surface area (Å²) in [6.45, 7) is 11.1. The number of hydrogen-bond donors (Lipinski definition) is 4. The second-order valence-electron chi connectivity index (χ2n) is 7.29. The highest BCUT2D eigenvalue weighted by atomic mass is 16.3. The standard InChI is InChI=1S/C20H24N4O2.C3H8/c1-3-18(26)24-9-8-13(11-24)19-12(2)15(20(22)23-19)10-16(21)14-6-4-5-7-17(14)25;1-3-2/h3-7,10,13,23,25H,1,8-9,11,21-22H2,2H3;3H2,1-2H3/b16-10-;. The molecule has 156 valence electrons. The van der Waals surface area contributed by atoms with Gasteiger partial charge in [-0.15, -0.1) is 0 Å². The van der Waals surface area contributed by atoms with Crippen LogP contribution in [-0.2, 0) is 4.79 Å². The quantitative estimate of drug-likeness (QED) is 0.586. The van der Waals surface area contributed by atoms with E-state index in [1.165, 1.54) is 12.5 Å². The average Bonchev–Trinajstić information content (AvgIpc) is 3.29. The lowest BCUT2D eigenvalue weighted by Crippen LogP contribution is -2.26. The number of benzene rings is 1. The van der Waals surface area contributed by atoms with Gasteiger partial charge in [-0.1, -0.05) is 39.0 Å². The van der Waals surface area contributed by atoms with E-state index in [0.717, 1.165) is 23.2 Å². The fourth-order valence-electron chi connectivity index (χ4n) is 3.52. The van der Waals surface area contributed by atoms with Gasteiger partial charge < -0.3 is 26.5 Å². The number of aromatic hydroxyl groups is 1. The van der Waals surface area contributed by atoms with Crippen LogP contribution in [-0.4, -0.2) is 34.0 Å². The maximum atomic E-state index is 11.8. The Labute approximate surface area is 172 Å². The number of anilines is 1. The number of likely N-dealkylation sites (tertiary alicyclic amines) is 1. The Kier molecular flexibility index (Phi) is 7.53. The van der Waals surface area contributed by atoms with E-state index in [-0.39, 0.29) is 17.6 Å². The number of aromatic nitrogens is 1. The van der Waals surface area contributed by atoms with Crippen molar-refractivity contribution >= 4 is 23.5 Å². The molecule has 6 heteroatoms. The molecular weight excluding hydrogens is 364 g/mol. The van der Waals surface area contributed by atoms with E-state index in [1.54, 1.807) is 29.2 Å². The summed E-state index contributed by atoms with van der Waals surface area (Å²) in [5, 5.41) is 9.97. The summed E-state index contributed by atoms with van der Waals surface area (Å²) in [7, 11) is 0. The van der Waals surface area contributed by atoms with Crippen LogP contribution in [0.2, 0.25) is 0 Å². The molecule has 1 unspecified atom stereocenters. The summed E-state index contributed by atoms with van der Waals surface area (Å²) < 4.78 is 0. The smallest absolute Gasteiger partial charge is 0.245 e. The number of phenols is 1. The first-order valence-electron chi connectivity index (χ1n) is 9.98. The van der Waals surface area contributed by atoms with Gasteiger partial charge in [-0.3, -0.25) is 4.79 Å². The summed E-state index contributed by atoms with van der Waals surface area (Å²) in [5.41, 5.74) is 16.2. The van der Waals surface area contributed by atoms with Crippen LogP contribution in [0.3, 0.4) is 0 Å². The number of aromatic amines is 1. The molecule has 0 radical (unpaired) electrons. The van der Waals surface area contributed by atoms with Gasteiger partial charge in [0.05, 0.1) is 0 Å². The first kappa shape index (κ1) is 22.1. The van der Waals surface area contributed by atoms with Crippen LogP contribution in [0.5, 0.6) is 5.75 Å². The van der Waals surface area contributed by atoms with Crippen molar-refractivity contribution in [3.63, 3.8) is 0 Å². The van der Waals surface area contributed by atoms with Crippen LogP contribution in [0.4, 0.5) is 5.82 Å². The molecule has 29 heavy (non-hydrogen) atoms. The van der Waals surface area contributed by atoms with Gasteiger partial charge in [-0.05, 0) is 43.2 Å². The number of nitrogens with zero attached hydrogens (tertiary/aromatic N) is 1. The number of nitrogen functional groups attached to an aromatic ring is 1. The summed E-state index contributed by atoms with van der Waals surface area (Å²) in [6, 6.07) is 6.92. The number of nitrogens with two attached hydrogens (primary N) is 2. The number of carbonyl (C=O) groups excluding carboxylic acids is 1. The molecule has 2 aromatic rings. The van der Waals surface area contributed by atoms with Gasteiger partial charge in [0.25, 0.3) is 0 Å². The molecule has 1 atom stereocenters. The molecule has 1 saturated heterocycles. The zero-order valence-corrected chi connectivity index (χ0v) is 17.5. The van der Waals surface area contributed by atoms with Gasteiger partial charge in [-0.25, -0.2) is 0 Å². The van der Waals surface area contributed by atoms with Crippen LogP contribution < -0.4 is 11.5 Å². The minimum atomic E-state index is -0.0476. The van der Waals surface area contributed by atoms with Gasteiger partial charge >= 0.3 is 0 Å². The van der Waals surface area contributed by atoms with Crippen molar-refractivity contribution in [3.8, 4) is 5.75 Å². The minimum absolute atomic E-state index is 0.0476. The normalized spacial score (nSPS) is 16.3. The first-order valence-corrected chi connectivity index (χ1v) is 9.98. The minimum Gasteiger partial charge on any atom is -0.507 e. The molecule has 0 spiro atoms. The molecule has 6 N–H and O–H groups in total. The van der Waals surface area contributed by atoms with Crippen molar-refractivity contribution in [2.75, 3.05) is 18.8 Å². The second-order valence-corrected chi connectivity index (χ2v) is 7.29. The van der Waals surface area contributed by atoms with E-state index in [9.17, 15) is 9.90 Å². The van der Waals surface area contributed by atoms with Gasteiger partial charge in [0.2, 0.25) is 5.91 Å². The predicted octanol–water partition coefficient (Wildman–Crippen LogP) is 3.99. The Morgan fingerprint density at radius 1 is 1.38 bits per heavy atom. The molecule has 1 amide bonds.